The van der Waals surface area contributed by atoms with Gasteiger partial charge in [0.15, 0.2) is 0 Å². The maximum atomic E-state index is 3.67. The maximum Gasteiger partial charge on any atom is 0.0473 e. The summed E-state index contributed by atoms with van der Waals surface area (Å²) < 4.78 is 0. The van der Waals surface area contributed by atoms with Crippen molar-refractivity contribution in [3.63, 3.8) is 0 Å². The summed E-state index contributed by atoms with van der Waals surface area (Å²) in [6, 6.07) is 11.4. The number of hydrogen-bond acceptors (Lipinski definition) is 3. The number of thioether (sulfide) groups is 1. The molecule has 0 saturated carbocycles. The summed E-state index contributed by atoms with van der Waals surface area (Å²) in [5.74, 6) is 2.53. The fourth-order valence-electron chi connectivity index (χ4n) is 2.42. The standard InChI is InChI=1S/C16H26N2S/c1-16(2,3)17-13-15(14-7-5-4-6-8-14)18-9-11-19-12-10-18/h4-8,15,17H,9-13H2,1-3H3. The van der Waals surface area contributed by atoms with Crippen molar-refractivity contribution in [1.82, 2.24) is 10.2 Å². The first-order valence-corrected chi connectivity index (χ1v) is 8.33. The first-order valence-electron chi connectivity index (χ1n) is 7.18. The molecule has 1 saturated heterocycles. The number of nitrogens with zero attached hydrogens (tertiary/aromatic N) is 1. The zero-order chi connectivity index (χ0) is 13.7. The molecule has 0 aromatic heterocycles. The van der Waals surface area contributed by atoms with Gasteiger partial charge in [0.2, 0.25) is 0 Å². The Morgan fingerprint density at radius 1 is 1.16 bits per heavy atom. The third-order valence-corrected chi connectivity index (χ3v) is 4.44. The largest absolute Gasteiger partial charge is 0.310 e. The summed E-state index contributed by atoms with van der Waals surface area (Å²) in [5, 5.41) is 3.67. The van der Waals surface area contributed by atoms with Gasteiger partial charge in [0.05, 0.1) is 0 Å². The molecule has 1 aromatic carbocycles. The smallest absolute Gasteiger partial charge is 0.0473 e. The van der Waals surface area contributed by atoms with Crippen LogP contribution in [0.15, 0.2) is 30.3 Å². The summed E-state index contributed by atoms with van der Waals surface area (Å²) in [5.41, 5.74) is 1.61. The van der Waals surface area contributed by atoms with Gasteiger partial charge in [-0.25, -0.2) is 0 Å². The predicted molar refractivity (Wildman–Crippen MR) is 85.8 cm³/mol. The van der Waals surface area contributed by atoms with Gasteiger partial charge in [-0.3, -0.25) is 4.90 Å². The molecule has 0 amide bonds. The monoisotopic (exact) mass is 278 g/mol. The molecule has 0 aliphatic carbocycles. The lowest BCUT2D eigenvalue weighted by molar-refractivity contribution is 0.201. The Kier molecular flexibility index (Phi) is 5.31. The fraction of sp³-hybridized carbons (Fsp3) is 0.625. The van der Waals surface area contributed by atoms with E-state index in [-0.39, 0.29) is 5.54 Å². The van der Waals surface area contributed by atoms with Crippen LogP contribution in [0.5, 0.6) is 0 Å². The summed E-state index contributed by atoms with van der Waals surface area (Å²) >= 11 is 2.07. The lowest BCUT2D eigenvalue weighted by Gasteiger charge is -2.36. The van der Waals surface area contributed by atoms with Crippen LogP contribution in [0.1, 0.15) is 32.4 Å². The molecular weight excluding hydrogens is 252 g/mol. The lowest BCUT2D eigenvalue weighted by atomic mass is 10.0. The van der Waals surface area contributed by atoms with Gasteiger partial charge >= 0.3 is 0 Å². The number of benzene rings is 1. The highest BCUT2D eigenvalue weighted by Crippen LogP contribution is 2.24. The van der Waals surface area contributed by atoms with Crippen LogP contribution in [0.25, 0.3) is 0 Å². The molecule has 3 heteroatoms. The van der Waals surface area contributed by atoms with E-state index in [1.807, 2.05) is 0 Å². The number of rotatable bonds is 4. The van der Waals surface area contributed by atoms with E-state index in [1.54, 1.807) is 0 Å². The van der Waals surface area contributed by atoms with Crippen LogP contribution in [-0.4, -0.2) is 41.6 Å². The van der Waals surface area contributed by atoms with Gasteiger partial charge in [0, 0.05) is 42.7 Å². The fourth-order valence-corrected chi connectivity index (χ4v) is 3.36. The second-order valence-electron chi connectivity index (χ2n) is 6.21. The molecule has 19 heavy (non-hydrogen) atoms. The van der Waals surface area contributed by atoms with E-state index >= 15 is 0 Å². The van der Waals surface area contributed by atoms with Crippen molar-refractivity contribution in [3.8, 4) is 0 Å². The highest BCUT2D eigenvalue weighted by molar-refractivity contribution is 7.99. The Hall–Kier alpha value is -0.510. The Morgan fingerprint density at radius 3 is 2.37 bits per heavy atom. The minimum Gasteiger partial charge on any atom is -0.310 e. The van der Waals surface area contributed by atoms with Crippen LogP contribution < -0.4 is 5.32 Å². The molecule has 1 unspecified atom stereocenters. The molecule has 2 rings (SSSR count). The third-order valence-electron chi connectivity index (χ3n) is 3.50. The Labute approximate surface area is 122 Å². The van der Waals surface area contributed by atoms with Gasteiger partial charge in [-0.2, -0.15) is 11.8 Å². The molecule has 2 nitrogen and oxygen atoms in total. The predicted octanol–water partition coefficient (Wildman–Crippen LogP) is 3.16. The Morgan fingerprint density at radius 2 is 1.79 bits per heavy atom. The van der Waals surface area contributed by atoms with E-state index in [1.165, 1.54) is 30.2 Å². The van der Waals surface area contributed by atoms with Crippen molar-refractivity contribution in [2.24, 2.45) is 0 Å². The first-order chi connectivity index (χ1) is 9.06. The number of nitrogens with one attached hydrogen (secondary N) is 1. The first kappa shape index (κ1) is 14.9. The summed E-state index contributed by atoms with van der Waals surface area (Å²) in [7, 11) is 0. The molecule has 1 atom stereocenters. The van der Waals surface area contributed by atoms with Gasteiger partial charge in [0.25, 0.3) is 0 Å². The van der Waals surface area contributed by atoms with Crippen LogP contribution in [-0.2, 0) is 0 Å². The molecule has 1 heterocycles. The van der Waals surface area contributed by atoms with Crippen molar-refractivity contribution in [3.05, 3.63) is 35.9 Å². The third kappa shape index (κ3) is 4.83. The summed E-state index contributed by atoms with van der Waals surface area (Å²) in [6.07, 6.45) is 0. The molecule has 0 radical (unpaired) electrons. The van der Waals surface area contributed by atoms with Crippen molar-refractivity contribution in [2.45, 2.75) is 32.4 Å². The minimum absolute atomic E-state index is 0.178. The van der Waals surface area contributed by atoms with Gasteiger partial charge in [-0.15, -0.1) is 0 Å². The second-order valence-corrected chi connectivity index (χ2v) is 7.43. The van der Waals surface area contributed by atoms with E-state index in [0.717, 1.165) is 6.54 Å². The summed E-state index contributed by atoms with van der Waals surface area (Å²) in [6.45, 7) is 10.1. The molecule has 0 spiro atoms. The molecule has 1 fully saturated rings. The molecule has 0 bridgehead atoms. The molecular formula is C16H26N2S. The van der Waals surface area contributed by atoms with Crippen molar-refractivity contribution in [2.75, 3.05) is 31.1 Å². The normalized spacial score (nSPS) is 19.3. The zero-order valence-corrected chi connectivity index (χ0v) is 13.2. The lowest BCUT2D eigenvalue weighted by Crippen LogP contribution is -2.45. The molecule has 1 aliphatic rings. The maximum absolute atomic E-state index is 3.67. The van der Waals surface area contributed by atoms with Crippen LogP contribution >= 0.6 is 11.8 Å². The molecule has 106 valence electrons. The average Bonchev–Trinajstić information content (AvgIpc) is 2.40. The van der Waals surface area contributed by atoms with Gasteiger partial charge in [-0.05, 0) is 26.3 Å². The zero-order valence-electron chi connectivity index (χ0n) is 12.4. The van der Waals surface area contributed by atoms with Crippen molar-refractivity contribution < 1.29 is 0 Å². The topological polar surface area (TPSA) is 15.3 Å². The van der Waals surface area contributed by atoms with Crippen LogP contribution in [0.3, 0.4) is 0 Å². The molecule has 1 aromatic rings. The summed E-state index contributed by atoms with van der Waals surface area (Å²) in [4.78, 5) is 2.63. The van der Waals surface area contributed by atoms with E-state index in [0.29, 0.717) is 6.04 Å². The van der Waals surface area contributed by atoms with Gasteiger partial charge < -0.3 is 5.32 Å². The Balaban J connectivity index is 2.08. The second kappa shape index (κ2) is 6.78. The van der Waals surface area contributed by atoms with E-state index in [4.69, 9.17) is 0 Å². The van der Waals surface area contributed by atoms with E-state index in [9.17, 15) is 0 Å². The van der Waals surface area contributed by atoms with E-state index in [2.05, 4.69) is 73.1 Å². The highest BCUT2D eigenvalue weighted by atomic mass is 32.2. The molecule has 1 aliphatic heterocycles. The average molecular weight is 278 g/mol. The van der Waals surface area contributed by atoms with E-state index < -0.39 is 0 Å². The highest BCUT2D eigenvalue weighted by Gasteiger charge is 2.23. The van der Waals surface area contributed by atoms with Crippen LogP contribution in [0.2, 0.25) is 0 Å². The van der Waals surface area contributed by atoms with Gasteiger partial charge in [0.1, 0.15) is 0 Å². The van der Waals surface area contributed by atoms with Crippen LogP contribution in [0, 0.1) is 0 Å². The quantitative estimate of drug-likeness (QED) is 0.911. The number of hydrogen-bond donors (Lipinski definition) is 1. The van der Waals surface area contributed by atoms with Crippen molar-refractivity contribution in [1.29, 1.82) is 0 Å². The van der Waals surface area contributed by atoms with Crippen LogP contribution in [0.4, 0.5) is 0 Å². The minimum atomic E-state index is 0.178. The molecule has 1 N–H and O–H groups in total. The van der Waals surface area contributed by atoms with Crippen molar-refractivity contribution >= 4 is 11.8 Å². The Bertz CT molecular complexity index is 366. The van der Waals surface area contributed by atoms with Gasteiger partial charge in [-0.1, -0.05) is 30.3 Å². The SMILES string of the molecule is CC(C)(C)NCC(c1ccccc1)N1CCSCC1.